The van der Waals surface area contributed by atoms with Crippen molar-refractivity contribution in [1.29, 1.82) is 0 Å². The largest absolute Gasteiger partial charge is 0.351 e. The van der Waals surface area contributed by atoms with Gasteiger partial charge in [-0.3, -0.25) is 4.79 Å². The van der Waals surface area contributed by atoms with E-state index in [0.29, 0.717) is 17.1 Å². The number of halogens is 1. The van der Waals surface area contributed by atoms with Gasteiger partial charge in [-0.25, -0.2) is 0 Å². The summed E-state index contributed by atoms with van der Waals surface area (Å²) in [5, 5.41) is 4.49. The Morgan fingerprint density at radius 3 is 2.50 bits per heavy atom. The summed E-state index contributed by atoms with van der Waals surface area (Å²) in [6.07, 6.45) is 7.21. The summed E-state index contributed by atoms with van der Waals surface area (Å²) in [4.78, 5) is 12.8. The number of benzene rings is 2. The van der Waals surface area contributed by atoms with Crippen LogP contribution in [0.4, 0.5) is 0 Å². The molecule has 2 aromatic rings. The normalized spacial score (nSPS) is 15.2. The van der Waals surface area contributed by atoms with E-state index >= 15 is 0 Å². The van der Waals surface area contributed by atoms with Gasteiger partial charge in [0.2, 0.25) is 0 Å². The smallest absolute Gasteiger partial charge is 0.251 e. The Bertz CT molecular complexity index is 754. The highest BCUT2D eigenvalue weighted by atomic mass is 35.5. The molecule has 0 saturated heterocycles. The SMILES string of the molecule is O=C(NCCSC1CCCC1)/C(=C/c1ccccc1Cl)c1ccccc1. The second-order valence-corrected chi connectivity index (χ2v) is 8.29. The summed E-state index contributed by atoms with van der Waals surface area (Å²) in [5.41, 5.74) is 2.39. The van der Waals surface area contributed by atoms with E-state index in [-0.39, 0.29) is 5.91 Å². The number of rotatable bonds is 7. The van der Waals surface area contributed by atoms with E-state index in [9.17, 15) is 4.79 Å². The van der Waals surface area contributed by atoms with Gasteiger partial charge >= 0.3 is 0 Å². The highest BCUT2D eigenvalue weighted by molar-refractivity contribution is 7.99. The van der Waals surface area contributed by atoms with E-state index in [4.69, 9.17) is 11.6 Å². The summed E-state index contributed by atoms with van der Waals surface area (Å²) in [6.45, 7) is 0.687. The zero-order valence-electron chi connectivity index (χ0n) is 14.8. The van der Waals surface area contributed by atoms with Crippen LogP contribution < -0.4 is 5.32 Å². The minimum Gasteiger partial charge on any atom is -0.351 e. The molecule has 4 heteroatoms. The molecule has 1 aliphatic carbocycles. The minimum absolute atomic E-state index is 0.0526. The molecule has 1 fully saturated rings. The van der Waals surface area contributed by atoms with E-state index in [2.05, 4.69) is 5.32 Å². The second kappa shape index (κ2) is 9.84. The lowest BCUT2D eigenvalue weighted by molar-refractivity contribution is -0.115. The average molecular weight is 386 g/mol. The fraction of sp³-hybridized carbons (Fsp3) is 0.318. The Morgan fingerprint density at radius 1 is 1.08 bits per heavy atom. The Balaban J connectivity index is 1.69. The van der Waals surface area contributed by atoms with Crippen molar-refractivity contribution in [2.45, 2.75) is 30.9 Å². The summed E-state index contributed by atoms with van der Waals surface area (Å²) in [5.74, 6) is 0.910. The zero-order chi connectivity index (χ0) is 18.2. The van der Waals surface area contributed by atoms with Crippen LogP contribution in [-0.2, 0) is 4.79 Å². The molecule has 26 heavy (non-hydrogen) atoms. The van der Waals surface area contributed by atoms with Crippen LogP contribution in [0.25, 0.3) is 11.6 Å². The van der Waals surface area contributed by atoms with Crippen LogP contribution in [0.15, 0.2) is 54.6 Å². The van der Waals surface area contributed by atoms with Crippen LogP contribution in [0.3, 0.4) is 0 Å². The van der Waals surface area contributed by atoms with Gasteiger partial charge in [0.05, 0.1) is 0 Å². The maximum atomic E-state index is 12.8. The van der Waals surface area contributed by atoms with Gasteiger partial charge in [-0.1, -0.05) is 73.0 Å². The Hall–Kier alpha value is -1.71. The first-order valence-electron chi connectivity index (χ1n) is 9.15. The van der Waals surface area contributed by atoms with Gasteiger partial charge in [0.1, 0.15) is 0 Å². The maximum Gasteiger partial charge on any atom is 0.251 e. The van der Waals surface area contributed by atoms with Gasteiger partial charge in [0.15, 0.2) is 0 Å². The van der Waals surface area contributed by atoms with Crippen molar-refractivity contribution < 1.29 is 4.79 Å². The van der Waals surface area contributed by atoms with Gasteiger partial charge in [0, 0.05) is 28.1 Å². The average Bonchev–Trinajstić information content (AvgIpc) is 3.18. The monoisotopic (exact) mass is 385 g/mol. The van der Waals surface area contributed by atoms with Crippen molar-refractivity contribution >= 4 is 40.9 Å². The molecule has 1 amide bonds. The Labute approximate surface area is 165 Å². The molecule has 0 aliphatic heterocycles. The number of carbonyl (C=O) groups excluding carboxylic acids is 1. The lowest BCUT2D eigenvalue weighted by atomic mass is 10.0. The van der Waals surface area contributed by atoms with E-state index in [1.165, 1.54) is 25.7 Å². The van der Waals surface area contributed by atoms with Crippen LogP contribution >= 0.6 is 23.4 Å². The number of thioether (sulfide) groups is 1. The number of amides is 1. The van der Waals surface area contributed by atoms with Gasteiger partial charge in [0.25, 0.3) is 5.91 Å². The molecule has 0 radical (unpaired) electrons. The van der Waals surface area contributed by atoms with Gasteiger partial charge in [-0.2, -0.15) is 11.8 Å². The minimum atomic E-state index is -0.0526. The third kappa shape index (κ3) is 5.39. The van der Waals surface area contributed by atoms with E-state index < -0.39 is 0 Å². The summed E-state index contributed by atoms with van der Waals surface area (Å²) >= 11 is 8.26. The highest BCUT2D eigenvalue weighted by Gasteiger charge is 2.16. The van der Waals surface area contributed by atoms with Crippen molar-refractivity contribution in [2.75, 3.05) is 12.3 Å². The lowest BCUT2D eigenvalue weighted by Crippen LogP contribution is -2.27. The third-order valence-corrected chi connectivity index (χ3v) is 6.30. The molecule has 0 unspecified atom stereocenters. The molecule has 0 aromatic heterocycles. The van der Waals surface area contributed by atoms with Crippen LogP contribution in [0.5, 0.6) is 0 Å². The van der Waals surface area contributed by atoms with Crippen molar-refractivity contribution in [2.24, 2.45) is 0 Å². The van der Waals surface area contributed by atoms with E-state index in [1.54, 1.807) is 0 Å². The lowest BCUT2D eigenvalue weighted by Gasteiger charge is -2.12. The summed E-state index contributed by atoms with van der Waals surface area (Å²) in [7, 11) is 0. The third-order valence-electron chi connectivity index (χ3n) is 4.58. The fourth-order valence-corrected chi connectivity index (χ4v) is 4.60. The topological polar surface area (TPSA) is 29.1 Å². The van der Waals surface area contributed by atoms with Crippen molar-refractivity contribution in [1.82, 2.24) is 5.32 Å². The molecular weight excluding hydrogens is 362 g/mol. The summed E-state index contributed by atoms with van der Waals surface area (Å²) in [6, 6.07) is 17.3. The van der Waals surface area contributed by atoms with Gasteiger partial charge in [-0.05, 0) is 36.1 Å². The number of carbonyl (C=O) groups is 1. The zero-order valence-corrected chi connectivity index (χ0v) is 16.4. The van der Waals surface area contributed by atoms with Crippen molar-refractivity contribution in [3.8, 4) is 0 Å². The molecule has 2 aromatic carbocycles. The molecule has 0 atom stereocenters. The molecule has 2 nitrogen and oxygen atoms in total. The standard InChI is InChI=1S/C22H24ClNOS/c23-21-13-7-4-10-18(21)16-20(17-8-2-1-3-9-17)22(25)24-14-15-26-19-11-5-6-12-19/h1-4,7-10,13,16,19H,5-6,11-12,14-15H2,(H,24,25)/b20-16+. The number of hydrogen-bond donors (Lipinski definition) is 1. The van der Waals surface area contributed by atoms with Crippen LogP contribution in [0.2, 0.25) is 5.02 Å². The van der Waals surface area contributed by atoms with Gasteiger partial charge < -0.3 is 5.32 Å². The first kappa shape index (κ1) is 19.1. The molecule has 3 rings (SSSR count). The Kier molecular flexibility index (Phi) is 7.22. The molecule has 0 bridgehead atoms. The highest BCUT2D eigenvalue weighted by Crippen LogP contribution is 2.29. The quantitative estimate of drug-likeness (QED) is 0.377. The number of nitrogens with one attached hydrogen (secondary N) is 1. The second-order valence-electron chi connectivity index (χ2n) is 6.48. The first-order chi connectivity index (χ1) is 12.7. The molecule has 1 aliphatic rings. The Morgan fingerprint density at radius 2 is 1.77 bits per heavy atom. The van der Waals surface area contributed by atoms with Crippen LogP contribution in [0.1, 0.15) is 36.8 Å². The van der Waals surface area contributed by atoms with Gasteiger partial charge in [-0.15, -0.1) is 0 Å². The molecule has 0 heterocycles. The number of hydrogen-bond acceptors (Lipinski definition) is 2. The van der Waals surface area contributed by atoms with Crippen molar-refractivity contribution in [3.63, 3.8) is 0 Å². The van der Waals surface area contributed by atoms with E-state index in [0.717, 1.165) is 22.1 Å². The van der Waals surface area contributed by atoms with E-state index in [1.807, 2.05) is 72.4 Å². The predicted octanol–water partition coefficient (Wildman–Crippen LogP) is 5.67. The summed E-state index contributed by atoms with van der Waals surface area (Å²) < 4.78 is 0. The fourth-order valence-electron chi connectivity index (χ4n) is 3.19. The first-order valence-corrected chi connectivity index (χ1v) is 10.6. The molecular formula is C22H24ClNOS. The molecule has 1 N–H and O–H groups in total. The molecule has 136 valence electrons. The molecule has 0 spiro atoms. The maximum absolute atomic E-state index is 12.8. The van der Waals surface area contributed by atoms with Crippen LogP contribution in [-0.4, -0.2) is 23.5 Å². The predicted molar refractivity (Wildman–Crippen MR) is 113 cm³/mol. The van der Waals surface area contributed by atoms with Crippen LogP contribution in [0, 0.1) is 0 Å². The van der Waals surface area contributed by atoms with Crippen molar-refractivity contribution in [3.05, 3.63) is 70.7 Å². The molecule has 1 saturated carbocycles.